The number of Topliss-reactive ketones (excluding diaryl/α,β-unsaturated/α-hetero) is 2. The zero-order valence-corrected chi connectivity index (χ0v) is 29.8. The minimum atomic E-state index is -1.59. The molecule has 47 heavy (non-hydrogen) atoms. The van der Waals surface area contributed by atoms with Crippen LogP contribution in [0.5, 0.6) is 0 Å². The number of benzene rings is 1. The van der Waals surface area contributed by atoms with Gasteiger partial charge in [-0.1, -0.05) is 67.5 Å². The average molecular weight is 690 g/mol. The Morgan fingerprint density at radius 2 is 1.77 bits per heavy atom. The number of carbonyl (C=O) groups excluding carboxylic acids is 5. The van der Waals surface area contributed by atoms with Crippen LogP contribution < -0.4 is 5.32 Å². The summed E-state index contributed by atoms with van der Waals surface area (Å²) >= 11 is 0. The first-order chi connectivity index (χ1) is 21.9. The van der Waals surface area contributed by atoms with Gasteiger partial charge in [0, 0.05) is 52.9 Å². The minimum absolute atomic E-state index is 0.00158. The van der Waals surface area contributed by atoms with Gasteiger partial charge in [-0.15, -0.1) is 0 Å². The standard InChI is InChI=1S/C34H47N3O8S2/c1-20(31(42)43)15-28(39)34(6,7)45-32(44)27-13-10-14-37(27)30(41)26(19-46-47-33(3,4)5)36-29(40)22(16-21(2)38)17-23-18-35-25-12-9-8-11-24(23)25/h8-9,11-12,18,20,22,26-27,35H,10,13-17,19H2,1-7H3,(H,36,40)(H,42,43)/t20-,22+,26+,27+/m1/s1. The number of likely N-dealkylation sites (tertiary alicyclic amines) is 1. The van der Waals surface area contributed by atoms with Crippen molar-refractivity contribution < 1.29 is 38.6 Å². The number of amides is 2. The maximum atomic E-state index is 14.1. The maximum Gasteiger partial charge on any atom is 0.329 e. The molecule has 0 saturated carbocycles. The summed E-state index contributed by atoms with van der Waals surface area (Å²) in [6.07, 6.45) is 2.66. The molecule has 0 bridgehead atoms. The third-order valence-electron chi connectivity index (χ3n) is 7.95. The molecule has 1 aliphatic rings. The van der Waals surface area contributed by atoms with Gasteiger partial charge in [0.1, 0.15) is 17.9 Å². The van der Waals surface area contributed by atoms with E-state index >= 15 is 0 Å². The third kappa shape index (κ3) is 10.9. The van der Waals surface area contributed by atoms with E-state index in [0.717, 1.165) is 16.5 Å². The van der Waals surface area contributed by atoms with Gasteiger partial charge in [-0.3, -0.25) is 19.2 Å². The van der Waals surface area contributed by atoms with Gasteiger partial charge in [-0.05, 0) is 51.7 Å². The van der Waals surface area contributed by atoms with Gasteiger partial charge in [0.25, 0.3) is 0 Å². The van der Waals surface area contributed by atoms with E-state index < -0.39 is 59.1 Å². The van der Waals surface area contributed by atoms with Gasteiger partial charge in [0.05, 0.1) is 5.92 Å². The van der Waals surface area contributed by atoms with Gasteiger partial charge in [0.15, 0.2) is 11.4 Å². The number of para-hydroxylation sites is 1. The molecule has 1 aromatic heterocycles. The average Bonchev–Trinajstić information content (AvgIpc) is 3.62. The molecule has 13 heteroatoms. The predicted octanol–water partition coefficient (Wildman–Crippen LogP) is 4.96. The number of ketones is 2. The Labute approximate surface area is 284 Å². The molecule has 11 nitrogen and oxygen atoms in total. The normalized spacial score (nSPS) is 17.2. The highest BCUT2D eigenvalue weighted by Crippen LogP contribution is 2.36. The summed E-state index contributed by atoms with van der Waals surface area (Å²) < 4.78 is 5.47. The third-order valence-corrected chi connectivity index (χ3v) is 11.3. The van der Waals surface area contributed by atoms with Crippen molar-refractivity contribution in [3.63, 3.8) is 0 Å². The largest absolute Gasteiger partial charge is 0.481 e. The van der Waals surface area contributed by atoms with Crippen molar-refractivity contribution in [2.24, 2.45) is 11.8 Å². The number of H-pyrrole nitrogens is 1. The Hall–Kier alpha value is -3.32. The molecule has 1 saturated heterocycles. The monoisotopic (exact) mass is 689 g/mol. The second-order valence-electron chi connectivity index (χ2n) is 13.7. The molecule has 0 spiro atoms. The fourth-order valence-corrected chi connectivity index (χ4v) is 7.83. The van der Waals surface area contributed by atoms with E-state index in [1.54, 1.807) is 10.8 Å². The molecule has 0 radical (unpaired) electrons. The Balaban J connectivity index is 1.80. The summed E-state index contributed by atoms with van der Waals surface area (Å²) in [4.78, 5) is 82.2. The fraction of sp³-hybridized carbons (Fsp3) is 0.588. The molecule has 1 fully saturated rings. The molecular weight excluding hydrogens is 643 g/mol. The SMILES string of the molecule is CC(=O)C[C@@H](Cc1c[nH]c2ccccc12)C(=O)N[C@@H](CSSC(C)(C)C)C(=O)N1CCC[C@H]1C(=O)OC(C)(C)C(=O)C[C@@H](C)C(=O)O. The van der Waals surface area contributed by atoms with Gasteiger partial charge in [0.2, 0.25) is 11.8 Å². The molecule has 0 unspecified atom stereocenters. The first kappa shape index (κ1) is 38.1. The van der Waals surface area contributed by atoms with Crippen molar-refractivity contribution >= 4 is 67.8 Å². The van der Waals surface area contributed by atoms with Crippen LogP contribution in [0.4, 0.5) is 0 Å². The van der Waals surface area contributed by atoms with Crippen molar-refractivity contribution in [2.45, 2.75) is 103 Å². The molecular formula is C34H47N3O8S2. The quantitative estimate of drug-likeness (QED) is 0.162. The Kier molecular flexibility index (Phi) is 13.1. The Morgan fingerprint density at radius 1 is 1.09 bits per heavy atom. The number of rotatable bonds is 16. The van der Waals surface area contributed by atoms with Crippen LogP contribution in [0.2, 0.25) is 0 Å². The number of carboxylic acid groups (broad SMARTS) is 1. The van der Waals surface area contributed by atoms with Crippen LogP contribution in [0.15, 0.2) is 30.5 Å². The van der Waals surface area contributed by atoms with Crippen LogP contribution in [0.25, 0.3) is 10.9 Å². The Morgan fingerprint density at radius 3 is 2.40 bits per heavy atom. The number of nitrogens with zero attached hydrogens (tertiary/aromatic N) is 1. The number of aromatic amines is 1. The van der Waals surface area contributed by atoms with E-state index in [1.807, 2.05) is 51.2 Å². The van der Waals surface area contributed by atoms with E-state index in [0.29, 0.717) is 19.3 Å². The summed E-state index contributed by atoms with van der Waals surface area (Å²) in [5, 5.41) is 13.1. The number of hydrogen-bond donors (Lipinski definition) is 3. The number of aliphatic carboxylic acids is 1. The van der Waals surface area contributed by atoms with Crippen molar-refractivity contribution in [1.29, 1.82) is 0 Å². The number of fused-ring (bicyclic) bond motifs is 1. The lowest BCUT2D eigenvalue weighted by Gasteiger charge is -2.32. The topological polar surface area (TPSA) is 163 Å². The summed E-state index contributed by atoms with van der Waals surface area (Å²) in [7, 11) is 3.00. The van der Waals surface area contributed by atoms with Crippen molar-refractivity contribution in [1.82, 2.24) is 15.2 Å². The number of carboxylic acids is 1. The Bertz CT molecular complexity index is 1480. The molecule has 1 aliphatic heterocycles. The van der Waals surface area contributed by atoms with Gasteiger partial charge in [-0.25, -0.2) is 4.79 Å². The minimum Gasteiger partial charge on any atom is -0.481 e. The highest BCUT2D eigenvalue weighted by atomic mass is 33.1. The molecule has 3 N–H and O–H groups in total. The molecule has 2 aromatic rings. The van der Waals surface area contributed by atoms with Crippen molar-refractivity contribution in [3.8, 4) is 0 Å². The second kappa shape index (κ2) is 16.2. The zero-order chi connectivity index (χ0) is 35.1. The number of carbonyl (C=O) groups is 6. The molecule has 1 aromatic carbocycles. The summed E-state index contributed by atoms with van der Waals surface area (Å²) in [6.45, 7) is 12.0. The van der Waals surface area contributed by atoms with E-state index in [1.165, 1.54) is 43.4 Å². The van der Waals surface area contributed by atoms with Crippen LogP contribution in [-0.2, 0) is 39.9 Å². The first-order valence-electron chi connectivity index (χ1n) is 15.8. The van der Waals surface area contributed by atoms with E-state index in [9.17, 15) is 33.9 Å². The predicted molar refractivity (Wildman–Crippen MR) is 184 cm³/mol. The second-order valence-corrected chi connectivity index (χ2v) is 16.9. The number of aromatic nitrogens is 1. The first-order valence-corrected chi connectivity index (χ1v) is 18.2. The van der Waals surface area contributed by atoms with E-state index in [4.69, 9.17) is 4.74 Å². The number of nitrogens with one attached hydrogen (secondary N) is 2. The molecule has 3 rings (SSSR count). The number of esters is 1. The highest BCUT2D eigenvalue weighted by molar-refractivity contribution is 8.77. The van der Waals surface area contributed by atoms with E-state index in [-0.39, 0.29) is 35.7 Å². The van der Waals surface area contributed by atoms with Crippen LogP contribution >= 0.6 is 21.6 Å². The molecule has 4 atom stereocenters. The summed E-state index contributed by atoms with van der Waals surface area (Å²) in [5.74, 6) is -4.89. The summed E-state index contributed by atoms with van der Waals surface area (Å²) in [6, 6.07) is 5.74. The van der Waals surface area contributed by atoms with Crippen molar-refractivity contribution in [2.75, 3.05) is 12.3 Å². The van der Waals surface area contributed by atoms with Gasteiger partial charge < -0.3 is 29.8 Å². The van der Waals surface area contributed by atoms with Gasteiger partial charge in [-0.2, -0.15) is 0 Å². The van der Waals surface area contributed by atoms with Gasteiger partial charge >= 0.3 is 11.9 Å². The highest BCUT2D eigenvalue weighted by Gasteiger charge is 2.42. The lowest BCUT2D eigenvalue weighted by molar-refractivity contribution is -0.170. The smallest absolute Gasteiger partial charge is 0.329 e. The molecule has 2 heterocycles. The van der Waals surface area contributed by atoms with Crippen LogP contribution in [0, 0.1) is 11.8 Å². The van der Waals surface area contributed by atoms with Crippen LogP contribution in [-0.4, -0.2) is 85.0 Å². The lowest BCUT2D eigenvalue weighted by Crippen LogP contribution is -2.55. The zero-order valence-electron chi connectivity index (χ0n) is 28.2. The molecule has 258 valence electrons. The number of hydrogen-bond acceptors (Lipinski definition) is 9. The maximum absolute atomic E-state index is 14.1. The molecule has 0 aliphatic carbocycles. The molecule has 2 amide bonds. The van der Waals surface area contributed by atoms with Crippen LogP contribution in [0.1, 0.15) is 79.7 Å². The fourth-order valence-electron chi connectivity index (χ4n) is 5.38. The lowest BCUT2D eigenvalue weighted by atomic mass is 9.93. The summed E-state index contributed by atoms with van der Waals surface area (Å²) in [5.41, 5.74) is 0.217. The van der Waals surface area contributed by atoms with Crippen molar-refractivity contribution in [3.05, 3.63) is 36.0 Å². The van der Waals surface area contributed by atoms with Crippen LogP contribution in [0.3, 0.4) is 0 Å². The number of ether oxygens (including phenoxy) is 1. The van der Waals surface area contributed by atoms with E-state index in [2.05, 4.69) is 10.3 Å².